The third kappa shape index (κ3) is 1.51. The van der Waals surface area contributed by atoms with Gasteiger partial charge in [-0.05, 0) is 40.2 Å². The molecule has 1 heterocycles. The normalized spacial score (nSPS) is 16.2. The second-order valence-electron chi connectivity index (χ2n) is 4.12. The maximum absolute atomic E-state index is 4.69. The van der Waals surface area contributed by atoms with Gasteiger partial charge in [0.25, 0.3) is 0 Å². The van der Waals surface area contributed by atoms with Gasteiger partial charge in [0.2, 0.25) is 0 Å². The SMILES string of the molecule is CNC(C)(C)c1nc2c(s1)CCC2. The van der Waals surface area contributed by atoms with Crippen LogP contribution < -0.4 is 5.32 Å². The maximum atomic E-state index is 4.69. The summed E-state index contributed by atoms with van der Waals surface area (Å²) >= 11 is 1.88. The molecule has 0 fully saturated rings. The van der Waals surface area contributed by atoms with E-state index in [0.717, 1.165) is 0 Å². The summed E-state index contributed by atoms with van der Waals surface area (Å²) in [4.78, 5) is 6.20. The standard InChI is InChI=1S/C10H16N2S/c1-10(2,11-3)9-12-7-5-4-6-8(7)13-9/h11H,4-6H2,1-3H3. The number of aromatic nitrogens is 1. The Morgan fingerprint density at radius 1 is 1.38 bits per heavy atom. The molecule has 2 nitrogen and oxygen atoms in total. The van der Waals surface area contributed by atoms with Crippen LogP contribution in [0.15, 0.2) is 0 Å². The van der Waals surface area contributed by atoms with Crippen molar-refractivity contribution in [1.29, 1.82) is 0 Å². The summed E-state index contributed by atoms with van der Waals surface area (Å²) in [7, 11) is 1.99. The van der Waals surface area contributed by atoms with Crippen LogP contribution in [0.4, 0.5) is 0 Å². The Bertz CT molecular complexity index is 293. The highest BCUT2D eigenvalue weighted by atomic mass is 32.1. The summed E-state index contributed by atoms with van der Waals surface area (Å²) in [5.41, 5.74) is 1.39. The number of hydrogen-bond acceptors (Lipinski definition) is 3. The molecule has 0 bridgehead atoms. The fraction of sp³-hybridized carbons (Fsp3) is 0.700. The molecule has 0 radical (unpaired) electrons. The van der Waals surface area contributed by atoms with Gasteiger partial charge in [-0.1, -0.05) is 0 Å². The number of fused-ring (bicyclic) bond motifs is 1. The lowest BCUT2D eigenvalue weighted by Gasteiger charge is -2.20. The van der Waals surface area contributed by atoms with Gasteiger partial charge < -0.3 is 5.32 Å². The van der Waals surface area contributed by atoms with E-state index in [1.807, 2.05) is 18.4 Å². The van der Waals surface area contributed by atoms with Crippen molar-refractivity contribution in [2.75, 3.05) is 7.05 Å². The number of hydrogen-bond donors (Lipinski definition) is 1. The zero-order valence-corrected chi connectivity index (χ0v) is 9.29. The van der Waals surface area contributed by atoms with Crippen molar-refractivity contribution < 1.29 is 0 Å². The lowest BCUT2D eigenvalue weighted by Crippen LogP contribution is -2.33. The molecule has 72 valence electrons. The average molecular weight is 196 g/mol. The first kappa shape index (κ1) is 9.16. The average Bonchev–Trinajstić information content (AvgIpc) is 2.61. The highest BCUT2D eigenvalue weighted by molar-refractivity contribution is 7.12. The number of nitrogens with zero attached hydrogens (tertiary/aromatic N) is 1. The van der Waals surface area contributed by atoms with Crippen molar-refractivity contribution in [2.24, 2.45) is 0 Å². The number of rotatable bonds is 2. The molecule has 0 saturated heterocycles. The van der Waals surface area contributed by atoms with Gasteiger partial charge in [-0.15, -0.1) is 11.3 Å². The Kier molecular flexibility index (Phi) is 2.16. The monoisotopic (exact) mass is 196 g/mol. The number of nitrogens with one attached hydrogen (secondary N) is 1. The van der Waals surface area contributed by atoms with Crippen LogP contribution in [0, 0.1) is 0 Å². The zero-order valence-electron chi connectivity index (χ0n) is 8.48. The molecule has 2 rings (SSSR count). The fourth-order valence-corrected chi connectivity index (χ4v) is 2.82. The highest BCUT2D eigenvalue weighted by Crippen LogP contribution is 2.32. The van der Waals surface area contributed by atoms with Crippen molar-refractivity contribution in [2.45, 2.75) is 38.6 Å². The third-order valence-electron chi connectivity index (χ3n) is 2.76. The minimum atomic E-state index is 0.0367. The second kappa shape index (κ2) is 3.07. The molecule has 3 heteroatoms. The van der Waals surface area contributed by atoms with Crippen LogP contribution in [0.2, 0.25) is 0 Å². The van der Waals surface area contributed by atoms with E-state index in [9.17, 15) is 0 Å². The molecule has 13 heavy (non-hydrogen) atoms. The van der Waals surface area contributed by atoms with Crippen molar-refractivity contribution >= 4 is 11.3 Å². The molecular weight excluding hydrogens is 180 g/mol. The van der Waals surface area contributed by atoms with Gasteiger partial charge in [-0.25, -0.2) is 4.98 Å². The van der Waals surface area contributed by atoms with Gasteiger partial charge in [0.1, 0.15) is 5.01 Å². The molecule has 1 aliphatic rings. The van der Waals surface area contributed by atoms with Gasteiger partial charge >= 0.3 is 0 Å². The van der Waals surface area contributed by atoms with E-state index in [2.05, 4.69) is 24.1 Å². The van der Waals surface area contributed by atoms with Gasteiger partial charge in [-0.2, -0.15) is 0 Å². The predicted molar refractivity (Wildman–Crippen MR) is 56.2 cm³/mol. The summed E-state index contributed by atoms with van der Waals surface area (Å²) in [6.07, 6.45) is 3.73. The van der Waals surface area contributed by atoms with Crippen LogP contribution in [0.1, 0.15) is 35.8 Å². The Morgan fingerprint density at radius 2 is 2.15 bits per heavy atom. The third-order valence-corrected chi connectivity index (χ3v) is 4.24. The van der Waals surface area contributed by atoms with E-state index in [-0.39, 0.29) is 5.54 Å². The lowest BCUT2D eigenvalue weighted by molar-refractivity contribution is 0.441. The largest absolute Gasteiger partial charge is 0.309 e. The van der Waals surface area contributed by atoms with Crippen LogP contribution in [0.25, 0.3) is 0 Å². The van der Waals surface area contributed by atoms with E-state index in [0.29, 0.717) is 0 Å². The van der Waals surface area contributed by atoms with Crippen LogP contribution in [0.5, 0.6) is 0 Å². The lowest BCUT2D eigenvalue weighted by atomic mass is 10.1. The molecule has 0 amide bonds. The maximum Gasteiger partial charge on any atom is 0.113 e. The molecule has 1 aromatic rings. The van der Waals surface area contributed by atoms with Crippen molar-refractivity contribution in [3.8, 4) is 0 Å². The fourth-order valence-electron chi connectivity index (χ4n) is 1.56. The van der Waals surface area contributed by atoms with Gasteiger partial charge in [0.15, 0.2) is 0 Å². The molecule has 0 aromatic carbocycles. The summed E-state index contributed by atoms with van der Waals surface area (Å²) in [6, 6.07) is 0. The predicted octanol–water partition coefficient (Wildman–Crippen LogP) is 2.09. The molecule has 0 saturated carbocycles. The molecule has 0 spiro atoms. The van der Waals surface area contributed by atoms with Crippen LogP contribution in [-0.2, 0) is 18.4 Å². The Hall–Kier alpha value is -0.410. The molecule has 1 aliphatic carbocycles. The van der Waals surface area contributed by atoms with Gasteiger partial charge in [0, 0.05) is 4.88 Å². The van der Waals surface area contributed by atoms with Crippen molar-refractivity contribution in [3.63, 3.8) is 0 Å². The molecule has 0 atom stereocenters. The summed E-state index contributed by atoms with van der Waals surface area (Å²) in [5, 5.41) is 4.53. The first-order valence-corrected chi connectivity index (χ1v) is 5.63. The minimum absolute atomic E-state index is 0.0367. The molecule has 0 unspecified atom stereocenters. The van der Waals surface area contributed by atoms with Crippen LogP contribution >= 0.6 is 11.3 Å². The van der Waals surface area contributed by atoms with Gasteiger partial charge in [0.05, 0.1) is 11.2 Å². The smallest absolute Gasteiger partial charge is 0.113 e. The summed E-state index contributed by atoms with van der Waals surface area (Å²) in [6.45, 7) is 4.36. The van der Waals surface area contributed by atoms with E-state index >= 15 is 0 Å². The Balaban J connectivity index is 2.33. The van der Waals surface area contributed by atoms with Crippen molar-refractivity contribution in [1.82, 2.24) is 10.3 Å². The summed E-state index contributed by atoms with van der Waals surface area (Å²) in [5.74, 6) is 0. The highest BCUT2D eigenvalue weighted by Gasteiger charge is 2.25. The molecular formula is C10H16N2S. The zero-order chi connectivity index (χ0) is 9.47. The van der Waals surface area contributed by atoms with Gasteiger partial charge in [-0.3, -0.25) is 0 Å². The van der Waals surface area contributed by atoms with E-state index < -0.39 is 0 Å². The van der Waals surface area contributed by atoms with E-state index in [1.165, 1.54) is 34.8 Å². The Labute approximate surface area is 83.4 Å². The quantitative estimate of drug-likeness (QED) is 0.783. The molecule has 0 aliphatic heterocycles. The van der Waals surface area contributed by atoms with Crippen molar-refractivity contribution in [3.05, 3.63) is 15.6 Å². The first-order valence-electron chi connectivity index (χ1n) is 4.81. The minimum Gasteiger partial charge on any atom is -0.309 e. The summed E-state index contributed by atoms with van der Waals surface area (Å²) < 4.78 is 0. The van der Waals surface area contributed by atoms with E-state index in [1.54, 1.807) is 0 Å². The number of aryl methyl sites for hydroxylation is 2. The van der Waals surface area contributed by atoms with E-state index in [4.69, 9.17) is 0 Å². The van der Waals surface area contributed by atoms with Crippen LogP contribution in [-0.4, -0.2) is 12.0 Å². The molecule has 1 aromatic heterocycles. The Morgan fingerprint density at radius 3 is 2.77 bits per heavy atom. The number of thiazole rings is 1. The first-order chi connectivity index (χ1) is 6.13. The second-order valence-corrected chi connectivity index (χ2v) is 5.20. The topological polar surface area (TPSA) is 24.9 Å². The van der Waals surface area contributed by atoms with Crippen LogP contribution in [0.3, 0.4) is 0 Å². The molecule has 1 N–H and O–H groups in total.